The maximum absolute atomic E-state index is 13.7. The lowest BCUT2D eigenvalue weighted by atomic mass is 10.3. The van der Waals surface area contributed by atoms with Gasteiger partial charge >= 0.3 is 0 Å². The normalized spacial score (nSPS) is 10.7. The monoisotopic (exact) mass is 314 g/mol. The van der Waals surface area contributed by atoms with E-state index in [1.165, 1.54) is 12.1 Å². The molecule has 4 nitrogen and oxygen atoms in total. The van der Waals surface area contributed by atoms with E-state index in [1.807, 2.05) is 0 Å². The van der Waals surface area contributed by atoms with Crippen LogP contribution < -0.4 is 22.9 Å². The number of nitrogen functional groups attached to an aromatic ring is 4. The first-order chi connectivity index (χ1) is 9.38. The first-order valence-corrected chi connectivity index (χ1v) is 7.57. The summed E-state index contributed by atoms with van der Waals surface area (Å²) in [5.41, 5.74) is 23.1. The van der Waals surface area contributed by atoms with Crippen LogP contribution in [0.1, 0.15) is 0 Å². The van der Waals surface area contributed by atoms with E-state index >= 15 is 0 Å². The highest BCUT2D eigenvalue weighted by molar-refractivity contribution is 8.76. The topological polar surface area (TPSA) is 104 Å². The predicted molar refractivity (Wildman–Crippen MR) is 82.2 cm³/mol. The molecule has 2 aromatic carbocycles. The van der Waals surface area contributed by atoms with Gasteiger partial charge in [0.25, 0.3) is 0 Å². The summed E-state index contributed by atoms with van der Waals surface area (Å²) in [6, 6.07) is 5.07. The Bertz CT molecular complexity index is 607. The third kappa shape index (κ3) is 3.02. The van der Waals surface area contributed by atoms with E-state index in [-0.39, 0.29) is 32.5 Å². The Morgan fingerprint density at radius 1 is 0.600 bits per heavy atom. The highest BCUT2D eigenvalue weighted by atomic mass is 33.1. The third-order valence-electron chi connectivity index (χ3n) is 2.50. The van der Waals surface area contributed by atoms with Crippen molar-refractivity contribution in [3.8, 4) is 0 Å². The molecule has 0 spiro atoms. The molecular formula is C12H12F2N4S2. The van der Waals surface area contributed by atoms with Gasteiger partial charge in [-0.05, 0) is 33.7 Å². The lowest BCUT2D eigenvalue weighted by Crippen LogP contribution is -1.97. The first kappa shape index (κ1) is 14.6. The zero-order valence-corrected chi connectivity index (χ0v) is 11.8. The summed E-state index contributed by atoms with van der Waals surface area (Å²) in [4.78, 5) is 0.521. The maximum atomic E-state index is 13.7. The largest absolute Gasteiger partial charge is 0.397 e. The van der Waals surface area contributed by atoms with Gasteiger partial charge in [0.1, 0.15) is 11.6 Å². The average Bonchev–Trinajstić information content (AvgIpc) is 2.37. The van der Waals surface area contributed by atoms with Gasteiger partial charge in [-0.25, -0.2) is 8.78 Å². The van der Waals surface area contributed by atoms with E-state index in [2.05, 4.69) is 0 Å². The number of nitrogens with two attached hydrogens (primary N) is 4. The molecule has 0 aliphatic heterocycles. The van der Waals surface area contributed by atoms with Gasteiger partial charge in [0.2, 0.25) is 0 Å². The predicted octanol–water partition coefficient (Wildman–Crippen LogP) is 3.09. The molecule has 0 saturated heterocycles. The molecule has 0 bridgehead atoms. The number of hydrogen-bond acceptors (Lipinski definition) is 6. The van der Waals surface area contributed by atoms with Crippen LogP contribution in [0.2, 0.25) is 0 Å². The molecule has 0 aliphatic rings. The molecule has 0 fully saturated rings. The smallest absolute Gasteiger partial charge is 0.139 e. The van der Waals surface area contributed by atoms with Crippen molar-refractivity contribution in [2.24, 2.45) is 0 Å². The number of hydrogen-bond donors (Lipinski definition) is 4. The van der Waals surface area contributed by atoms with Crippen molar-refractivity contribution in [3.05, 3.63) is 35.9 Å². The van der Waals surface area contributed by atoms with E-state index in [9.17, 15) is 8.78 Å². The Balaban J connectivity index is 2.21. The van der Waals surface area contributed by atoms with E-state index in [0.717, 1.165) is 33.7 Å². The van der Waals surface area contributed by atoms with Crippen molar-refractivity contribution in [1.82, 2.24) is 0 Å². The van der Waals surface area contributed by atoms with Crippen LogP contribution in [-0.2, 0) is 0 Å². The molecule has 0 radical (unpaired) electrons. The Hall–Kier alpha value is -1.80. The fourth-order valence-electron chi connectivity index (χ4n) is 1.39. The zero-order chi connectivity index (χ0) is 14.9. The summed E-state index contributed by atoms with van der Waals surface area (Å²) in [6.07, 6.45) is 0. The number of anilines is 4. The SMILES string of the molecule is Nc1cc(F)c(SSc2cc(N)c(N)cc2F)cc1N. The third-order valence-corrected chi connectivity index (χ3v) is 4.89. The van der Waals surface area contributed by atoms with Crippen LogP contribution in [0, 0.1) is 11.6 Å². The molecule has 106 valence electrons. The molecule has 0 atom stereocenters. The second kappa shape index (κ2) is 5.68. The Labute approximate surface area is 122 Å². The number of benzene rings is 2. The first-order valence-electron chi connectivity index (χ1n) is 5.42. The Morgan fingerprint density at radius 2 is 0.900 bits per heavy atom. The van der Waals surface area contributed by atoms with Crippen molar-refractivity contribution >= 4 is 44.3 Å². The summed E-state index contributed by atoms with van der Waals surface area (Å²) in [5.74, 6) is -1.03. The zero-order valence-electron chi connectivity index (χ0n) is 10.2. The molecule has 0 amide bonds. The van der Waals surface area contributed by atoms with Gasteiger partial charge in [-0.1, -0.05) is 0 Å². The lowest BCUT2D eigenvalue weighted by molar-refractivity contribution is 0.602. The maximum Gasteiger partial charge on any atom is 0.139 e. The summed E-state index contributed by atoms with van der Waals surface area (Å²) in [7, 11) is 2.04. The minimum absolute atomic E-state index is 0.166. The highest BCUT2D eigenvalue weighted by Gasteiger charge is 2.11. The van der Waals surface area contributed by atoms with Crippen LogP contribution in [0.25, 0.3) is 0 Å². The van der Waals surface area contributed by atoms with Crippen LogP contribution in [0.15, 0.2) is 34.1 Å². The van der Waals surface area contributed by atoms with Gasteiger partial charge in [0, 0.05) is 12.1 Å². The Kier molecular flexibility index (Phi) is 4.15. The van der Waals surface area contributed by atoms with E-state index in [4.69, 9.17) is 22.9 Å². The van der Waals surface area contributed by atoms with Gasteiger partial charge in [-0.3, -0.25) is 0 Å². The molecule has 8 N–H and O–H groups in total. The standard InChI is InChI=1S/C12H12F2N4S2/c13-5-1-7(15)9(17)3-11(5)19-20-12-4-10(18)8(16)2-6(12)14/h1-4H,15-18H2. The van der Waals surface area contributed by atoms with Crippen molar-refractivity contribution in [3.63, 3.8) is 0 Å². The van der Waals surface area contributed by atoms with Crippen molar-refractivity contribution in [2.75, 3.05) is 22.9 Å². The van der Waals surface area contributed by atoms with Gasteiger partial charge in [0.05, 0.1) is 32.5 Å². The van der Waals surface area contributed by atoms with Crippen molar-refractivity contribution < 1.29 is 8.78 Å². The van der Waals surface area contributed by atoms with E-state index in [1.54, 1.807) is 0 Å². The van der Waals surface area contributed by atoms with Gasteiger partial charge in [-0.2, -0.15) is 0 Å². The van der Waals surface area contributed by atoms with Crippen LogP contribution in [0.3, 0.4) is 0 Å². The highest BCUT2D eigenvalue weighted by Crippen LogP contribution is 2.42. The molecule has 20 heavy (non-hydrogen) atoms. The molecule has 0 saturated carbocycles. The fraction of sp³-hybridized carbons (Fsp3) is 0. The number of rotatable bonds is 3. The van der Waals surface area contributed by atoms with Crippen LogP contribution >= 0.6 is 21.6 Å². The molecule has 2 rings (SSSR count). The average molecular weight is 314 g/mol. The molecular weight excluding hydrogens is 302 g/mol. The summed E-state index contributed by atoms with van der Waals surface area (Å²) in [6.45, 7) is 0. The Morgan fingerprint density at radius 3 is 1.25 bits per heavy atom. The van der Waals surface area contributed by atoms with Gasteiger partial charge in [0.15, 0.2) is 0 Å². The van der Waals surface area contributed by atoms with E-state index < -0.39 is 11.6 Å². The molecule has 2 aromatic rings. The second-order valence-electron chi connectivity index (χ2n) is 3.99. The summed E-state index contributed by atoms with van der Waals surface area (Å²) >= 11 is 0. The minimum Gasteiger partial charge on any atom is -0.397 e. The van der Waals surface area contributed by atoms with Crippen LogP contribution in [-0.4, -0.2) is 0 Å². The quantitative estimate of drug-likeness (QED) is 0.512. The van der Waals surface area contributed by atoms with Gasteiger partial charge in [-0.15, -0.1) is 0 Å². The molecule has 0 aliphatic carbocycles. The fourth-order valence-corrected chi connectivity index (χ4v) is 3.50. The minimum atomic E-state index is -0.516. The van der Waals surface area contributed by atoms with Gasteiger partial charge < -0.3 is 22.9 Å². The van der Waals surface area contributed by atoms with Crippen molar-refractivity contribution in [2.45, 2.75) is 9.79 Å². The lowest BCUT2D eigenvalue weighted by Gasteiger charge is -2.08. The molecule has 0 heterocycles. The molecule has 0 unspecified atom stereocenters. The van der Waals surface area contributed by atoms with Crippen LogP contribution in [0.4, 0.5) is 31.5 Å². The summed E-state index contributed by atoms with van der Waals surface area (Å²) < 4.78 is 27.3. The molecule has 0 aromatic heterocycles. The summed E-state index contributed by atoms with van der Waals surface area (Å²) in [5, 5.41) is 0. The van der Waals surface area contributed by atoms with Crippen molar-refractivity contribution in [1.29, 1.82) is 0 Å². The van der Waals surface area contributed by atoms with Crippen LogP contribution in [0.5, 0.6) is 0 Å². The molecule has 8 heteroatoms. The van der Waals surface area contributed by atoms with E-state index in [0.29, 0.717) is 0 Å². The number of halogens is 2. The second-order valence-corrected chi connectivity index (χ2v) is 6.20.